The number of aliphatic imine (C=N–C) groups is 1. The van der Waals surface area contributed by atoms with Gasteiger partial charge in [0.25, 0.3) is 0 Å². The van der Waals surface area contributed by atoms with Crippen molar-refractivity contribution in [3.8, 4) is 0 Å². The molecule has 1 aliphatic carbocycles. The Bertz CT molecular complexity index is 706. The minimum absolute atomic E-state index is 0. The first kappa shape index (κ1) is 24.1. The van der Waals surface area contributed by atoms with Gasteiger partial charge in [0.2, 0.25) is 0 Å². The van der Waals surface area contributed by atoms with Crippen LogP contribution >= 0.6 is 35.7 Å². The second kappa shape index (κ2) is 11.4. The van der Waals surface area contributed by atoms with Crippen molar-refractivity contribution in [2.75, 3.05) is 38.2 Å². The highest BCUT2D eigenvalue weighted by Crippen LogP contribution is 2.38. The summed E-state index contributed by atoms with van der Waals surface area (Å²) in [6, 6.07) is 1.69. The fraction of sp³-hybridized carbons (Fsp3) is 0.857. The first-order valence-corrected chi connectivity index (χ1v) is 12.7. The van der Waals surface area contributed by atoms with Gasteiger partial charge in [-0.05, 0) is 69.9 Å². The molecule has 3 heterocycles. The normalized spacial score (nSPS) is 25.0. The van der Waals surface area contributed by atoms with E-state index in [4.69, 9.17) is 4.99 Å². The number of hydrogen-bond donors (Lipinski definition) is 1. The van der Waals surface area contributed by atoms with Crippen molar-refractivity contribution in [3.05, 3.63) is 11.6 Å². The van der Waals surface area contributed by atoms with E-state index >= 15 is 0 Å². The molecule has 1 saturated carbocycles. The summed E-state index contributed by atoms with van der Waals surface area (Å²) in [5.74, 6) is 4.90. The molecule has 3 aliphatic rings. The van der Waals surface area contributed by atoms with Gasteiger partial charge < -0.3 is 14.8 Å². The smallest absolute Gasteiger partial charge is 0.194 e. The Morgan fingerprint density at radius 1 is 1.20 bits per heavy atom. The molecule has 1 aromatic heterocycles. The van der Waals surface area contributed by atoms with Gasteiger partial charge >= 0.3 is 0 Å². The number of hydrogen-bond acceptors (Lipinski definition) is 5. The summed E-state index contributed by atoms with van der Waals surface area (Å²) < 4.78 is 2.04. The molecule has 0 amide bonds. The zero-order valence-corrected chi connectivity index (χ0v) is 21.9. The summed E-state index contributed by atoms with van der Waals surface area (Å²) in [6.45, 7) is 7.13. The Morgan fingerprint density at radius 3 is 2.73 bits per heavy atom. The van der Waals surface area contributed by atoms with Crippen molar-refractivity contribution in [2.24, 2.45) is 18.0 Å². The highest BCUT2D eigenvalue weighted by atomic mass is 127. The van der Waals surface area contributed by atoms with Crippen molar-refractivity contribution < 1.29 is 0 Å². The zero-order chi connectivity index (χ0) is 20.2. The van der Waals surface area contributed by atoms with Gasteiger partial charge in [-0.3, -0.25) is 4.90 Å². The summed E-state index contributed by atoms with van der Waals surface area (Å²) in [6.07, 6.45) is 10.2. The molecule has 2 saturated heterocycles. The standard InChI is InChI=1S/C21H37N7S.HI/c1-16-24-25-20(26(16)2)14-23-21(22-10-5-13-29-3)27-12-9-19-17(15-27)6-4-11-28(19)18-7-8-18;/h17-19H,4-15H2,1-3H3,(H,22,23);1H. The number of guanidine groups is 1. The maximum atomic E-state index is 4.98. The van der Waals surface area contributed by atoms with E-state index in [2.05, 4.69) is 31.6 Å². The SMILES string of the molecule is CSCCCNC(=NCc1nnc(C)n1C)N1CCC2C(CCCN2C2CC2)C1.I. The van der Waals surface area contributed by atoms with E-state index in [1.165, 1.54) is 50.8 Å². The van der Waals surface area contributed by atoms with E-state index in [9.17, 15) is 0 Å². The Morgan fingerprint density at radius 2 is 2.03 bits per heavy atom. The van der Waals surface area contributed by atoms with Crippen LogP contribution in [0.15, 0.2) is 4.99 Å². The molecule has 0 spiro atoms. The van der Waals surface area contributed by atoms with Crippen LogP contribution in [0.5, 0.6) is 0 Å². The Kier molecular flexibility index (Phi) is 9.12. The molecule has 170 valence electrons. The van der Waals surface area contributed by atoms with Crippen molar-refractivity contribution >= 4 is 41.7 Å². The van der Waals surface area contributed by atoms with Crippen LogP contribution in [0.1, 0.15) is 50.2 Å². The number of aryl methyl sites for hydroxylation is 1. The van der Waals surface area contributed by atoms with Crippen LogP contribution in [-0.4, -0.2) is 80.8 Å². The number of halogens is 1. The van der Waals surface area contributed by atoms with Gasteiger partial charge in [0.1, 0.15) is 12.4 Å². The van der Waals surface area contributed by atoms with Crippen LogP contribution in [0.3, 0.4) is 0 Å². The molecule has 4 rings (SSSR count). The molecule has 0 aromatic carbocycles. The lowest BCUT2D eigenvalue weighted by molar-refractivity contribution is 0.0369. The molecule has 2 atom stereocenters. The number of rotatable bonds is 7. The highest BCUT2D eigenvalue weighted by Gasteiger charge is 2.42. The maximum absolute atomic E-state index is 4.98. The van der Waals surface area contributed by atoms with Gasteiger partial charge in [-0.1, -0.05) is 0 Å². The highest BCUT2D eigenvalue weighted by molar-refractivity contribution is 14.0. The number of piperidine rings is 2. The first-order chi connectivity index (χ1) is 14.2. The molecule has 3 fully saturated rings. The number of thioether (sulfide) groups is 1. The predicted octanol–water partition coefficient (Wildman–Crippen LogP) is 2.89. The molecule has 2 unspecified atom stereocenters. The minimum atomic E-state index is 0. The van der Waals surface area contributed by atoms with E-state index < -0.39 is 0 Å². The van der Waals surface area contributed by atoms with E-state index in [1.807, 2.05) is 30.3 Å². The molecule has 9 heteroatoms. The molecule has 2 aliphatic heterocycles. The molecule has 1 aromatic rings. The maximum Gasteiger partial charge on any atom is 0.194 e. The van der Waals surface area contributed by atoms with Gasteiger partial charge in [-0.2, -0.15) is 11.8 Å². The Balaban J connectivity index is 0.00000256. The molecular formula is C21H38IN7S. The summed E-state index contributed by atoms with van der Waals surface area (Å²) >= 11 is 1.91. The molecule has 0 bridgehead atoms. The summed E-state index contributed by atoms with van der Waals surface area (Å²) in [5, 5.41) is 12.1. The van der Waals surface area contributed by atoms with E-state index in [1.54, 1.807) is 0 Å². The van der Waals surface area contributed by atoms with E-state index in [-0.39, 0.29) is 24.0 Å². The topological polar surface area (TPSA) is 61.6 Å². The summed E-state index contributed by atoms with van der Waals surface area (Å²) in [7, 11) is 2.02. The largest absolute Gasteiger partial charge is 0.356 e. The molecule has 30 heavy (non-hydrogen) atoms. The Labute approximate surface area is 202 Å². The second-order valence-corrected chi connectivity index (χ2v) is 9.79. The lowest BCUT2D eigenvalue weighted by Gasteiger charge is -2.48. The lowest BCUT2D eigenvalue weighted by atomic mass is 9.83. The van der Waals surface area contributed by atoms with Crippen molar-refractivity contribution in [3.63, 3.8) is 0 Å². The lowest BCUT2D eigenvalue weighted by Crippen LogP contribution is -2.57. The van der Waals surface area contributed by atoms with Crippen LogP contribution < -0.4 is 5.32 Å². The molecule has 7 nitrogen and oxygen atoms in total. The van der Waals surface area contributed by atoms with Crippen LogP contribution in [0.25, 0.3) is 0 Å². The predicted molar refractivity (Wildman–Crippen MR) is 136 cm³/mol. The van der Waals surface area contributed by atoms with Gasteiger partial charge in [-0.25, -0.2) is 4.99 Å². The molecule has 0 radical (unpaired) electrons. The number of aromatic nitrogens is 3. The van der Waals surface area contributed by atoms with Gasteiger partial charge in [-0.15, -0.1) is 34.2 Å². The van der Waals surface area contributed by atoms with Crippen molar-refractivity contribution in [2.45, 2.75) is 64.1 Å². The van der Waals surface area contributed by atoms with Crippen molar-refractivity contribution in [1.82, 2.24) is 29.9 Å². The third-order valence-corrected chi connectivity index (χ3v) is 7.48. The van der Waals surface area contributed by atoms with E-state index in [0.717, 1.165) is 55.2 Å². The first-order valence-electron chi connectivity index (χ1n) is 11.3. The van der Waals surface area contributed by atoms with Crippen LogP contribution in [-0.2, 0) is 13.6 Å². The quantitative estimate of drug-likeness (QED) is 0.245. The van der Waals surface area contributed by atoms with Crippen LogP contribution in [0, 0.1) is 12.8 Å². The average molecular weight is 548 g/mol. The van der Waals surface area contributed by atoms with Gasteiger partial charge in [0, 0.05) is 38.8 Å². The molecule has 1 N–H and O–H groups in total. The number of fused-ring (bicyclic) bond motifs is 1. The Hall–Kier alpha value is -0.550. The third-order valence-electron chi connectivity index (χ3n) is 6.79. The number of likely N-dealkylation sites (tertiary alicyclic amines) is 2. The van der Waals surface area contributed by atoms with Crippen LogP contribution in [0.2, 0.25) is 0 Å². The monoisotopic (exact) mass is 547 g/mol. The second-order valence-electron chi connectivity index (χ2n) is 8.81. The fourth-order valence-corrected chi connectivity index (χ4v) is 5.35. The van der Waals surface area contributed by atoms with Crippen LogP contribution in [0.4, 0.5) is 0 Å². The zero-order valence-electron chi connectivity index (χ0n) is 18.7. The minimum Gasteiger partial charge on any atom is -0.356 e. The summed E-state index contributed by atoms with van der Waals surface area (Å²) in [4.78, 5) is 10.3. The van der Waals surface area contributed by atoms with Crippen molar-refractivity contribution in [1.29, 1.82) is 0 Å². The number of nitrogens with zero attached hydrogens (tertiary/aromatic N) is 6. The summed E-state index contributed by atoms with van der Waals surface area (Å²) in [5.41, 5.74) is 0. The molecular weight excluding hydrogens is 509 g/mol. The van der Waals surface area contributed by atoms with E-state index in [0.29, 0.717) is 6.54 Å². The fourth-order valence-electron chi connectivity index (χ4n) is 4.91. The van der Waals surface area contributed by atoms with Gasteiger partial charge in [0.05, 0.1) is 0 Å². The average Bonchev–Trinajstić information content (AvgIpc) is 3.54. The van der Waals surface area contributed by atoms with Gasteiger partial charge in [0.15, 0.2) is 11.8 Å². The third kappa shape index (κ3) is 5.82. The number of nitrogens with one attached hydrogen (secondary N) is 1.